The van der Waals surface area contributed by atoms with Crippen molar-refractivity contribution in [1.82, 2.24) is 5.32 Å². The van der Waals surface area contributed by atoms with Crippen molar-refractivity contribution >= 4 is 17.5 Å². The molecule has 3 N–H and O–H groups in total. The molecule has 0 unspecified atom stereocenters. The van der Waals surface area contributed by atoms with Crippen molar-refractivity contribution in [2.75, 3.05) is 5.32 Å². The summed E-state index contributed by atoms with van der Waals surface area (Å²) < 4.78 is 57.5. The standard InChI is InChI=1S/C13H12F4N2O4/c1-5(20)11(21)19-9-10(13(15,16)17)23-8-3-2-6(14)4-7(8)18-12(9)22/h2-5,9-10,20H,1H3,(H,18,22)(H,19,21)/t5-,9-,10-/m0/s1. The number of halogens is 4. The lowest BCUT2D eigenvalue weighted by molar-refractivity contribution is -0.203. The molecule has 2 rings (SSSR count). The summed E-state index contributed by atoms with van der Waals surface area (Å²) in [4.78, 5) is 23.4. The number of benzene rings is 1. The molecule has 1 heterocycles. The van der Waals surface area contributed by atoms with Crippen molar-refractivity contribution in [3.8, 4) is 5.75 Å². The number of aliphatic hydroxyl groups is 1. The summed E-state index contributed by atoms with van der Waals surface area (Å²) in [5, 5.41) is 12.9. The van der Waals surface area contributed by atoms with Gasteiger partial charge >= 0.3 is 6.18 Å². The van der Waals surface area contributed by atoms with Crippen LogP contribution >= 0.6 is 0 Å². The summed E-state index contributed by atoms with van der Waals surface area (Å²) in [7, 11) is 0. The zero-order valence-electron chi connectivity index (χ0n) is 11.6. The van der Waals surface area contributed by atoms with E-state index in [2.05, 4.69) is 5.32 Å². The van der Waals surface area contributed by atoms with Crippen LogP contribution in [0.25, 0.3) is 0 Å². The fraction of sp³-hybridized carbons (Fsp3) is 0.385. The van der Waals surface area contributed by atoms with E-state index >= 15 is 0 Å². The van der Waals surface area contributed by atoms with E-state index in [-0.39, 0.29) is 5.69 Å². The van der Waals surface area contributed by atoms with Gasteiger partial charge < -0.3 is 20.5 Å². The van der Waals surface area contributed by atoms with Crippen LogP contribution < -0.4 is 15.4 Å². The van der Waals surface area contributed by atoms with Crippen LogP contribution in [0.4, 0.5) is 23.2 Å². The number of nitrogens with one attached hydrogen (secondary N) is 2. The molecule has 1 aliphatic heterocycles. The van der Waals surface area contributed by atoms with Gasteiger partial charge in [-0.25, -0.2) is 4.39 Å². The summed E-state index contributed by atoms with van der Waals surface area (Å²) in [6.07, 6.45) is -9.32. The molecule has 0 spiro atoms. The van der Waals surface area contributed by atoms with Crippen LogP contribution in [0.5, 0.6) is 5.75 Å². The molecule has 10 heteroatoms. The molecule has 1 aromatic carbocycles. The molecule has 0 aliphatic carbocycles. The van der Waals surface area contributed by atoms with E-state index in [0.29, 0.717) is 0 Å². The number of carbonyl (C=O) groups excluding carboxylic acids is 2. The molecule has 0 aromatic heterocycles. The Balaban J connectivity index is 2.41. The van der Waals surface area contributed by atoms with Gasteiger partial charge in [0.2, 0.25) is 12.0 Å². The van der Waals surface area contributed by atoms with Gasteiger partial charge in [0, 0.05) is 6.07 Å². The number of carbonyl (C=O) groups is 2. The van der Waals surface area contributed by atoms with E-state index in [1.54, 1.807) is 5.32 Å². The van der Waals surface area contributed by atoms with Gasteiger partial charge in [0.05, 0.1) is 5.69 Å². The lowest BCUT2D eigenvalue weighted by Crippen LogP contribution is -2.58. The third-order valence-electron chi connectivity index (χ3n) is 3.04. The Labute approximate surface area is 127 Å². The predicted molar refractivity (Wildman–Crippen MR) is 69.1 cm³/mol. The molecule has 23 heavy (non-hydrogen) atoms. The van der Waals surface area contributed by atoms with Crippen molar-refractivity contribution in [2.24, 2.45) is 0 Å². The van der Waals surface area contributed by atoms with E-state index < -0.39 is 47.8 Å². The number of hydrogen-bond acceptors (Lipinski definition) is 4. The zero-order valence-corrected chi connectivity index (χ0v) is 11.6. The van der Waals surface area contributed by atoms with Crippen molar-refractivity contribution < 1.29 is 37.0 Å². The van der Waals surface area contributed by atoms with Crippen LogP contribution in [0.15, 0.2) is 18.2 Å². The first-order chi connectivity index (χ1) is 10.6. The SMILES string of the molecule is C[C@H](O)C(=O)N[C@@H]1C(=O)Nc2cc(F)ccc2O[C@@H]1C(F)(F)F. The second-order valence-corrected chi connectivity index (χ2v) is 4.87. The predicted octanol–water partition coefficient (Wildman–Crippen LogP) is 0.953. The van der Waals surface area contributed by atoms with Crippen LogP contribution in [0.3, 0.4) is 0 Å². The smallest absolute Gasteiger partial charge is 0.428 e. The average Bonchev–Trinajstić information content (AvgIpc) is 2.55. The van der Waals surface area contributed by atoms with E-state index in [9.17, 15) is 27.2 Å². The van der Waals surface area contributed by atoms with Gasteiger partial charge in [0.15, 0.2) is 6.04 Å². The topological polar surface area (TPSA) is 87.7 Å². The molecule has 1 aliphatic rings. The fourth-order valence-electron chi connectivity index (χ4n) is 1.93. The first kappa shape index (κ1) is 17.0. The van der Waals surface area contributed by atoms with Crippen molar-refractivity contribution in [3.05, 3.63) is 24.0 Å². The number of ether oxygens (including phenoxy) is 1. The number of anilines is 1. The van der Waals surface area contributed by atoms with Gasteiger partial charge in [-0.2, -0.15) is 13.2 Å². The molecule has 6 nitrogen and oxygen atoms in total. The summed E-state index contributed by atoms with van der Waals surface area (Å²) in [5.41, 5.74) is -0.293. The van der Waals surface area contributed by atoms with Crippen molar-refractivity contribution in [3.63, 3.8) is 0 Å². The van der Waals surface area contributed by atoms with E-state index in [1.165, 1.54) is 0 Å². The first-order valence-corrected chi connectivity index (χ1v) is 6.42. The number of fused-ring (bicyclic) bond motifs is 1. The average molecular weight is 336 g/mol. The Morgan fingerprint density at radius 1 is 1.43 bits per heavy atom. The third-order valence-corrected chi connectivity index (χ3v) is 3.04. The van der Waals surface area contributed by atoms with Crippen LogP contribution in [-0.2, 0) is 9.59 Å². The van der Waals surface area contributed by atoms with E-state index in [4.69, 9.17) is 9.84 Å². The van der Waals surface area contributed by atoms with E-state index in [1.807, 2.05) is 0 Å². The molecule has 2 amide bonds. The Kier molecular flexibility index (Phi) is 4.46. The largest absolute Gasteiger partial charge is 0.476 e. The zero-order chi connectivity index (χ0) is 17.4. The number of amides is 2. The van der Waals surface area contributed by atoms with Crippen molar-refractivity contribution in [2.45, 2.75) is 31.3 Å². The molecule has 0 radical (unpaired) electrons. The molecule has 0 saturated carbocycles. The molecule has 126 valence electrons. The fourth-order valence-corrected chi connectivity index (χ4v) is 1.93. The van der Waals surface area contributed by atoms with Gasteiger partial charge in [0.1, 0.15) is 17.7 Å². The normalized spacial score (nSPS) is 22.3. The van der Waals surface area contributed by atoms with E-state index in [0.717, 1.165) is 25.1 Å². The summed E-state index contributed by atoms with van der Waals surface area (Å²) in [5.74, 6) is -3.61. The van der Waals surface area contributed by atoms with Gasteiger partial charge in [-0.15, -0.1) is 0 Å². The summed E-state index contributed by atoms with van der Waals surface area (Å²) in [6, 6.07) is 0.447. The van der Waals surface area contributed by atoms with Gasteiger partial charge in [0.25, 0.3) is 5.91 Å². The maximum Gasteiger partial charge on any atom is 0.428 e. The Morgan fingerprint density at radius 3 is 2.65 bits per heavy atom. The molecular weight excluding hydrogens is 324 g/mol. The lowest BCUT2D eigenvalue weighted by atomic mass is 10.1. The highest BCUT2D eigenvalue weighted by atomic mass is 19.4. The molecule has 0 fully saturated rings. The second kappa shape index (κ2) is 6.03. The van der Waals surface area contributed by atoms with Crippen LogP contribution in [0.1, 0.15) is 6.92 Å². The minimum atomic E-state index is -5.00. The number of hydrogen-bond donors (Lipinski definition) is 3. The highest BCUT2D eigenvalue weighted by Gasteiger charge is 2.52. The van der Waals surface area contributed by atoms with Gasteiger partial charge in [-0.1, -0.05) is 0 Å². The van der Waals surface area contributed by atoms with Crippen LogP contribution in [0.2, 0.25) is 0 Å². The van der Waals surface area contributed by atoms with Gasteiger partial charge in [-0.3, -0.25) is 9.59 Å². The highest BCUT2D eigenvalue weighted by Crippen LogP contribution is 2.35. The molecule has 0 saturated heterocycles. The third kappa shape index (κ3) is 3.70. The molecule has 3 atom stereocenters. The number of alkyl halides is 3. The monoisotopic (exact) mass is 336 g/mol. The quantitative estimate of drug-likeness (QED) is 0.702. The first-order valence-electron chi connectivity index (χ1n) is 6.42. The lowest BCUT2D eigenvalue weighted by Gasteiger charge is -2.27. The number of rotatable bonds is 2. The number of aliphatic hydroxyl groups excluding tert-OH is 1. The maximum atomic E-state index is 13.2. The highest BCUT2D eigenvalue weighted by molar-refractivity contribution is 5.99. The molecule has 1 aromatic rings. The summed E-state index contributed by atoms with van der Waals surface area (Å²) >= 11 is 0. The second-order valence-electron chi connectivity index (χ2n) is 4.87. The summed E-state index contributed by atoms with van der Waals surface area (Å²) in [6.45, 7) is 1.03. The Hall–Kier alpha value is -2.36. The van der Waals surface area contributed by atoms with Gasteiger partial charge in [-0.05, 0) is 19.1 Å². The Morgan fingerprint density at radius 2 is 2.09 bits per heavy atom. The maximum absolute atomic E-state index is 13.2. The minimum Gasteiger partial charge on any atom is -0.476 e. The van der Waals surface area contributed by atoms with Crippen LogP contribution in [-0.4, -0.2) is 41.3 Å². The minimum absolute atomic E-state index is 0.293. The van der Waals surface area contributed by atoms with Crippen LogP contribution in [0, 0.1) is 5.82 Å². The molecule has 0 bridgehead atoms. The molecular formula is C13H12F4N2O4. The van der Waals surface area contributed by atoms with Crippen molar-refractivity contribution in [1.29, 1.82) is 0 Å². The Bertz CT molecular complexity index is 633.